The van der Waals surface area contributed by atoms with E-state index >= 15 is 0 Å². The van der Waals surface area contributed by atoms with Crippen LogP contribution in [0.3, 0.4) is 0 Å². The standard InChI is InChI=1S/C27H37N9O6/c28-8-4-3-7-20(25(39)36-22(27(41)42)10-16-13-31-14-33-16)34-26(40)21(11-23(30)37)35-24(38)18(29)9-15-12-32-19-6-2-1-5-17(15)19/h1-2,5-6,12-14,18,20-22,32H,3-4,7-11,28-29H2,(H2,30,37)(H,31,33)(H,34,40)(H,35,38)(H,36,39)(H,41,42). The predicted octanol–water partition coefficient (Wildman–Crippen LogP) is -1.45. The third-order valence-corrected chi connectivity index (χ3v) is 6.66. The Balaban J connectivity index is 1.69. The van der Waals surface area contributed by atoms with Crippen LogP contribution in [0, 0.1) is 0 Å². The minimum absolute atomic E-state index is 0.0702. The second-order valence-corrected chi connectivity index (χ2v) is 9.93. The number of primary amides is 1. The summed E-state index contributed by atoms with van der Waals surface area (Å²) in [4.78, 5) is 72.6. The van der Waals surface area contributed by atoms with E-state index in [-0.39, 0.29) is 19.3 Å². The fourth-order valence-corrected chi connectivity index (χ4v) is 4.44. The lowest BCUT2D eigenvalue weighted by Gasteiger charge is -2.25. The maximum Gasteiger partial charge on any atom is 0.326 e. The molecule has 2 aromatic heterocycles. The number of carbonyl (C=O) groups excluding carboxylic acids is 4. The van der Waals surface area contributed by atoms with Gasteiger partial charge in [0.1, 0.15) is 18.1 Å². The number of unbranched alkanes of at least 4 members (excludes halogenated alkanes) is 1. The number of H-pyrrole nitrogens is 2. The molecule has 0 saturated carbocycles. The summed E-state index contributed by atoms with van der Waals surface area (Å²) >= 11 is 0. The van der Waals surface area contributed by atoms with Crippen molar-refractivity contribution in [3.05, 3.63) is 54.2 Å². The van der Waals surface area contributed by atoms with Gasteiger partial charge in [0.15, 0.2) is 0 Å². The average molecular weight is 584 g/mol. The molecule has 15 nitrogen and oxygen atoms in total. The topological polar surface area (TPSA) is 264 Å². The quantitative estimate of drug-likeness (QED) is 0.0840. The van der Waals surface area contributed by atoms with Gasteiger partial charge in [0.05, 0.1) is 18.8 Å². The van der Waals surface area contributed by atoms with Gasteiger partial charge in [-0.2, -0.15) is 0 Å². The number of nitrogens with zero attached hydrogens (tertiary/aromatic N) is 1. The lowest BCUT2D eigenvalue weighted by molar-refractivity contribution is -0.142. The van der Waals surface area contributed by atoms with Crippen molar-refractivity contribution in [3.8, 4) is 0 Å². The van der Waals surface area contributed by atoms with E-state index in [1.807, 2.05) is 24.3 Å². The lowest BCUT2D eigenvalue weighted by Crippen LogP contribution is -2.58. The Labute approximate surface area is 241 Å². The van der Waals surface area contributed by atoms with Crippen molar-refractivity contribution in [1.29, 1.82) is 0 Å². The second kappa shape index (κ2) is 15.3. The predicted molar refractivity (Wildman–Crippen MR) is 152 cm³/mol. The number of carboxylic acids is 1. The van der Waals surface area contributed by atoms with Gasteiger partial charge in [-0.25, -0.2) is 9.78 Å². The van der Waals surface area contributed by atoms with E-state index in [0.29, 0.717) is 25.1 Å². The highest BCUT2D eigenvalue weighted by Crippen LogP contribution is 2.19. The molecule has 0 aliphatic carbocycles. The largest absolute Gasteiger partial charge is 0.480 e. The first-order chi connectivity index (χ1) is 20.1. The van der Waals surface area contributed by atoms with Gasteiger partial charge in [-0.15, -0.1) is 0 Å². The summed E-state index contributed by atoms with van der Waals surface area (Å²) in [5.74, 6) is -4.46. The molecule has 3 rings (SSSR count). The molecule has 226 valence electrons. The van der Waals surface area contributed by atoms with Crippen LogP contribution < -0.4 is 33.2 Å². The van der Waals surface area contributed by atoms with Gasteiger partial charge in [-0.05, 0) is 43.9 Å². The van der Waals surface area contributed by atoms with Crippen LogP contribution in [0.5, 0.6) is 0 Å². The van der Waals surface area contributed by atoms with E-state index in [0.717, 1.165) is 16.5 Å². The molecule has 4 unspecified atom stereocenters. The van der Waals surface area contributed by atoms with E-state index in [2.05, 4.69) is 30.9 Å². The number of carbonyl (C=O) groups is 5. The zero-order valence-electron chi connectivity index (χ0n) is 23.0. The summed E-state index contributed by atoms with van der Waals surface area (Å²) in [5.41, 5.74) is 19.2. The zero-order chi connectivity index (χ0) is 30.6. The van der Waals surface area contributed by atoms with Gasteiger partial charge < -0.3 is 48.2 Å². The number of amides is 4. The van der Waals surface area contributed by atoms with E-state index in [1.54, 1.807) is 6.20 Å². The number of imidazole rings is 1. The number of nitrogens with one attached hydrogen (secondary N) is 5. The average Bonchev–Trinajstić information content (AvgIpc) is 3.61. The van der Waals surface area contributed by atoms with Crippen molar-refractivity contribution in [2.75, 3.05) is 6.54 Å². The van der Waals surface area contributed by atoms with Crippen LogP contribution in [-0.2, 0) is 36.8 Å². The SMILES string of the molecule is NCCCCC(NC(=O)C(CC(N)=O)NC(=O)C(N)Cc1c[nH]c2ccccc12)C(=O)NC(Cc1cnc[nH]1)C(=O)O. The van der Waals surface area contributed by atoms with Crippen LogP contribution in [0.15, 0.2) is 43.0 Å². The number of rotatable bonds is 17. The van der Waals surface area contributed by atoms with E-state index in [1.165, 1.54) is 12.5 Å². The molecule has 2 heterocycles. The Morgan fingerprint density at radius 3 is 2.26 bits per heavy atom. The van der Waals surface area contributed by atoms with Gasteiger partial charge >= 0.3 is 5.97 Å². The summed E-state index contributed by atoms with van der Waals surface area (Å²) in [7, 11) is 0. The highest BCUT2D eigenvalue weighted by atomic mass is 16.4. The molecule has 0 fully saturated rings. The van der Waals surface area contributed by atoms with Crippen molar-refractivity contribution in [3.63, 3.8) is 0 Å². The molecule has 1 aromatic carbocycles. The number of carboxylic acid groups (broad SMARTS) is 1. The van der Waals surface area contributed by atoms with Gasteiger partial charge in [0.25, 0.3) is 0 Å². The maximum atomic E-state index is 13.2. The number of hydrogen-bond acceptors (Lipinski definition) is 8. The van der Waals surface area contributed by atoms with E-state index in [4.69, 9.17) is 17.2 Å². The molecule has 0 spiro atoms. The molecule has 0 aliphatic rings. The molecule has 4 atom stereocenters. The molecule has 42 heavy (non-hydrogen) atoms. The van der Waals surface area contributed by atoms with Crippen molar-refractivity contribution in [2.45, 2.75) is 62.7 Å². The van der Waals surface area contributed by atoms with Crippen LogP contribution >= 0.6 is 0 Å². The Bertz CT molecular complexity index is 1370. The molecule has 0 saturated heterocycles. The Hall–Kier alpha value is -4.76. The highest BCUT2D eigenvalue weighted by molar-refractivity contribution is 5.96. The first kappa shape index (κ1) is 31.8. The summed E-state index contributed by atoms with van der Waals surface area (Å²) in [5, 5.41) is 17.9. The van der Waals surface area contributed by atoms with Crippen LogP contribution in [0.1, 0.15) is 36.9 Å². The minimum atomic E-state index is -1.42. The first-order valence-corrected chi connectivity index (χ1v) is 13.5. The number of aromatic nitrogens is 3. The molecule has 3 aromatic rings. The molecule has 0 aliphatic heterocycles. The lowest BCUT2D eigenvalue weighted by atomic mass is 10.0. The summed E-state index contributed by atoms with van der Waals surface area (Å²) in [6, 6.07) is 2.52. The number of nitrogens with two attached hydrogens (primary N) is 3. The summed E-state index contributed by atoms with van der Waals surface area (Å²) < 4.78 is 0. The Kier molecular flexibility index (Phi) is 11.6. The third-order valence-electron chi connectivity index (χ3n) is 6.66. The molecular formula is C27H37N9O6. The van der Waals surface area contributed by atoms with Crippen LogP contribution in [0.25, 0.3) is 10.9 Å². The molecule has 4 amide bonds. The summed E-state index contributed by atoms with van der Waals surface area (Å²) in [6.45, 7) is 0.342. The molecule has 15 heteroatoms. The van der Waals surface area contributed by atoms with Gasteiger partial charge in [0, 0.05) is 35.4 Å². The van der Waals surface area contributed by atoms with Crippen molar-refractivity contribution < 1.29 is 29.1 Å². The number of benzene rings is 1. The fourth-order valence-electron chi connectivity index (χ4n) is 4.44. The van der Waals surface area contributed by atoms with Gasteiger partial charge in [0.2, 0.25) is 23.6 Å². The number of hydrogen-bond donors (Lipinski definition) is 9. The van der Waals surface area contributed by atoms with Crippen LogP contribution in [-0.4, -0.2) is 80.4 Å². The van der Waals surface area contributed by atoms with Gasteiger partial charge in [-0.3, -0.25) is 19.2 Å². The smallest absolute Gasteiger partial charge is 0.326 e. The Morgan fingerprint density at radius 1 is 0.905 bits per heavy atom. The van der Waals surface area contributed by atoms with Crippen molar-refractivity contribution in [2.24, 2.45) is 17.2 Å². The normalized spacial score (nSPS) is 14.0. The minimum Gasteiger partial charge on any atom is -0.480 e. The van der Waals surface area contributed by atoms with Crippen molar-refractivity contribution in [1.82, 2.24) is 30.9 Å². The van der Waals surface area contributed by atoms with E-state index in [9.17, 15) is 29.1 Å². The second-order valence-electron chi connectivity index (χ2n) is 9.93. The van der Waals surface area contributed by atoms with Crippen LogP contribution in [0.4, 0.5) is 0 Å². The highest BCUT2D eigenvalue weighted by Gasteiger charge is 2.31. The van der Waals surface area contributed by atoms with Crippen LogP contribution in [0.2, 0.25) is 0 Å². The molecular weight excluding hydrogens is 546 g/mol. The molecule has 12 N–H and O–H groups in total. The number of para-hydroxylation sites is 1. The molecule has 0 bridgehead atoms. The summed E-state index contributed by atoms with van der Waals surface area (Å²) in [6.07, 6.45) is 5.20. The van der Waals surface area contributed by atoms with Gasteiger partial charge in [-0.1, -0.05) is 18.2 Å². The fraction of sp³-hybridized carbons (Fsp3) is 0.407. The number of fused-ring (bicyclic) bond motifs is 1. The maximum absolute atomic E-state index is 13.2. The monoisotopic (exact) mass is 583 g/mol. The van der Waals surface area contributed by atoms with Crippen molar-refractivity contribution >= 4 is 40.5 Å². The zero-order valence-corrected chi connectivity index (χ0v) is 23.0. The molecule has 0 radical (unpaired) electrons. The third kappa shape index (κ3) is 9.14. The number of aromatic amines is 2. The first-order valence-electron chi connectivity index (χ1n) is 13.5. The van der Waals surface area contributed by atoms with E-state index < -0.39 is 60.2 Å². The number of aliphatic carboxylic acids is 1. The Morgan fingerprint density at radius 2 is 1.60 bits per heavy atom.